The van der Waals surface area contributed by atoms with Crippen molar-refractivity contribution in [3.63, 3.8) is 0 Å². The van der Waals surface area contributed by atoms with Gasteiger partial charge in [-0.2, -0.15) is 5.10 Å². The van der Waals surface area contributed by atoms with Crippen LogP contribution in [0.5, 0.6) is 0 Å². The van der Waals surface area contributed by atoms with Gasteiger partial charge in [0.2, 0.25) is 0 Å². The summed E-state index contributed by atoms with van der Waals surface area (Å²) in [5, 5.41) is 7.48. The zero-order valence-electron chi connectivity index (χ0n) is 10.7. The van der Waals surface area contributed by atoms with Crippen molar-refractivity contribution < 1.29 is 4.39 Å². The van der Waals surface area contributed by atoms with Gasteiger partial charge in [-0.05, 0) is 31.5 Å². The molecule has 1 aromatic heterocycles. The van der Waals surface area contributed by atoms with Crippen molar-refractivity contribution in [2.24, 2.45) is 7.05 Å². The van der Waals surface area contributed by atoms with Crippen molar-refractivity contribution in [3.05, 3.63) is 41.3 Å². The van der Waals surface area contributed by atoms with Crippen LogP contribution >= 0.6 is 0 Å². The Balaban J connectivity index is 2.24. The van der Waals surface area contributed by atoms with Crippen LogP contribution in [0, 0.1) is 12.7 Å². The number of rotatable bonds is 3. The molecule has 0 saturated heterocycles. The van der Waals surface area contributed by atoms with Gasteiger partial charge in [0.1, 0.15) is 11.6 Å². The lowest BCUT2D eigenvalue weighted by Crippen LogP contribution is -2.11. The Hall–Kier alpha value is -2.04. The van der Waals surface area contributed by atoms with E-state index in [1.165, 1.54) is 12.1 Å². The van der Waals surface area contributed by atoms with Crippen molar-refractivity contribution in [2.75, 3.05) is 11.1 Å². The van der Waals surface area contributed by atoms with E-state index < -0.39 is 0 Å². The number of nitrogens with zero attached hydrogens (tertiary/aromatic N) is 2. The number of hydrogen-bond acceptors (Lipinski definition) is 3. The molecular formula is C13H17FN4. The van der Waals surface area contributed by atoms with Gasteiger partial charge in [0, 0.05) is 7.05 Å². The minimum atomic E-state index is -0.240. The lowest BCUT2D eigenvalue weighted by Gasteiger charge is -2.16. The van der Waals surface area contributed by atoms with E-state index in [-0.39, 0.29) is 11.9 Å². The molecule has 0 aliphatic heterocycles. The summed E-state index contributed by atoms with van der Waals surface area (Å²) in [6.07, 6.45) is 0. The van der Waals surface area contributed by atoms with Crippen LogP contribution in [0.1, 0.15) is 24.2 Å². The van der Waals surface area contributed by atoms with Gasteiger partial charge in [-0.25, -0.2) is 4.39 Å². The van der Waals surface area contributed by atoms with Gasteiger partial charge < -0.3 is 11.1 Å². The highest BCUT2D eigenvalue weighted by Gasteiger charge is 2.13. The van der Waals surface area contributed by atoms with Gasteiger partial charge >= 0.3 is 0 Å². The summed E-state index contributed by atoms with van der Waals surface area (Å²) in [6, 6.07) is 6.47. The number of aryl methyl sites for hydroxylation is 2. The third-order valence-electron chi connectivity index (χ3n) is 2.97. The summed E-state index contributed by atoms with van der Waals surface area (Å²) in [5.41, 5.74) is 8.22. The molecule has 0 aliphatic rings. The molecule has 1 aromatic carbocycles. The molecule has 0 amide bonds. The molecule has 18 heavy (non-hydrogen) atoms. The van der Waals surface area contributed by atoms with Crippen molar-refractivity contribution >= 4 is 11.5 Å². The van der Waals surface area contributed by atoms with Gasteiger partial charge in [-0.1, -0.05) is 12.1 Å². The molecule has 2 aromatic rings. The smallest absolute Gasteiger partial charge is 0.148 e. The Morgan fingerprint density at radius 2 is 2.17 bits per heavy atom. The summed E-state index contributed by atoms with van der Waals surface area (Å²) >= 11 is 0. The average Bonchev–Trinajstić information content (AvgIpc) is 2.56. The Labute approximate surface area is 106 Å². The maximum atomic E-state index is 13.2. The van der Waals surface area contributed by atoms with Crippen molar-refractivity contribution in [2.45, 2.75) is 19.9 Å². The number of nitrogens with two attached hydrogens (primary N) is 1. The molecule has 1 unspecified atom stereocenters. The van der Waals surface area contributed by atoms with Crippen LogP contribution in [0.15, 0.2) is 24.3 Å². The monoisotopic (exact) mass is 248 g/mol. The Morgan fingerprint density at radius 1 is 1.44 bits per heavy atom. The molecule has 3 N–H and O–H groups in total. The first-order valence-electron chi connectivity index (χ1n) is 5.80. The highest BCUT2D eigenvalue weighted by molar-refractivity contribution is 5.65. The largest absolute Gasteiger partial charge is 0.394 e. The van der Waals surface area contributed by atoms with Crippen LogP contribution in [0.4, 0.5) is 15.9 Å². The van der Waals surface area contributed by atoms with Crippen molar-refractivity contribution in [3.8, 4) is 0 Å². The van der Waals surface area contributed by atoms with Gasteiger partial charge in [0.05, 0.1) is 17.4 Å². The number of nitrogens with one attached hydrogen (secondary N) is 1. The van der Waals surface area contributed by atoms with E-state index in [9.17, 15) is 4.39 Å². The molecule has 0 saturated carbocycles. The summed E-state index contributed by atoms with van der Waals surface area (Å²) < 4.78 is 14.9. The lowest BCUT2D eigenvalue weighted by atomic mass is 10.1. The van der Waals surface area contributed by atoms with Gasteiger partial charge in [0.15, 0.2) is 0 Å². The number of nitrogen functional groups attached to an aromatic ring is 1. The van der Waals surface area contributed by atoms with E-state index >= 15 is 0 Å². The fourth-order valence-electron chi connectivity index (χ4n) is 1.91. The van der Waals surface area contributed by atoms with E-state index in [0.29, 0.717) is 5.69 Å². The third-order valence-corrected chi connectivity index (χ3v) is 2.97. The van der Waals surface area contributed by atoms with Crippen LogP contribution in [0.25, 0.3) is 0 Å². The Bertz CT molecular complexity index is 562. The maximum Gasteiger partial charge on any atom is 0.148 e. The summed E-state index contributed by atoms with van der Waals surface area (Å²) in [5.74, 6) is 0.513. The molecular weight excluding hydrogens is 231 g/mol. The minimum Gasteiger partial charge on any atom is -0.394 e. The highest BCUT2D eigenvalue weighted by Crippen LogP contribution is 2.26. The van der Waals surface area contributed by atoms with E-state index in [1.807, 2.05) is 27.0 Å². The molecule has 1 heterocycles. The zero-order chi connectivity index (χ0) is 13.3. The Kier molecular flexibility index (Phi) is 3.23. The zero-order valence-corrected chi connectivity index (χ0v) is 10.7. The molecule has 5 heteroatoms. The number of halogens is 1. The normalized spacial score (nSPS) is 12.4. The summed E-state index contributed by atoms with van der Waals surface area (Å²) in [6.45, 7) is 3.81. The van der Waals surface area contributed by atoms with Crippen LogP contribution < -0.4 is 11.1 Å². The van der Waals surface area contributed by atoms with Crippen LogP contribution in [-0.4, -0.2) is 9.78 Å². The van der Waals surface area contributed by atoms with Crippen LogP contribution in [0.3, 0.4) is 0 Å². The molecule has 0 spiro atoms. The second kappa shape index (κ2) is 4.68. The topological polar surface area (TPSA) is 55.9 Å². The lowest BCUT2D eigenvalue weighted by molar-refractivity contribution is 0.623. The van der Waals surface area contributed by atoms with Crippen molar-refractivity contribution in [1.82, 2.24) is 9.78 Å². The molecule has 0 aliphatic carbocycles. The molecule has 0 radical (unpaired) electrons. The predicted octanol–water partition coefficient (Wildman–Crippen LogP) is 2.62. The van der Waals surface area contributed by atoms with Gasteiger partial charge in [0.25, 0.3) is 0 Å². The Morgan fingerprint density at radius 3 is 2.72 bits per heavy atom. The number of anilines is 2. The standard InChI is InChI=1S/C13H17FN4/c1-8(10-5-4-6-11(14)7-10)16-13-12(15)9(2)17-18(13)3/h4-8,16H,15H2,1-3H3. The van der Waals surface area contributed by atoms with Crippen LogP contribution in [0.2, 0.25) is 0 Å². The number of hydrogen-bond donors (Lipinski definition) is 2. The van der Waals surface area contributed by atoms with Crippen molar-refractivity contribution in [1.29, 1.82) is 0 Å². The van der Waals surface area contributed by atoms with Gasteiger partial charge in [-0.3, -0.25) is 4.68 Å². The molecule has 2 rings (SSSR count). The number of aromatic nitrogens is 2. The van der Waals surface area contributed by atoms with E-state index in [4.69, 9.17) is 5.73 Å². The number of benzene rings is 1. The first kappa shape index (κ1) is 12.4. The molecule has 0 fully saturated rings. The fourth-order valence-corrected chi connectivity index (χ4v) is 1.91. The second-order valence-electron chi connectivity index (χ2n) is 4.39. The summed E-state index contributed by atoms with van der Waals surface area (Å²) in [7, 11) is 1.82. The van der Waals surface area contributed by atoms with E-state index in [1.54, 1.807) is 10.7 Å². The molecule has 1 atom stereocenters. The average molecular weight is 248 g/mol. The SMILES string of the molecule is Cc1nn(C)c(NC(C)c2cccc(F)c2)c1N. The minimum absolute atomic E-state index is 0.0437. The van der Waals surface area contributed by atoms with Gasteiger partial charge in [-0.15, -0.1) is 0 Å². The quantitative estimate of drug-likeness (QED) is 0.878. The highest BCUT2D eigenvalue weighted by atomic mass is 19.1. The third kappa shape index (κ3) is 2.30. The molecule has 96 valence electrons. The molecule has 4 nitrogen and oxygen atoms in total. The van der Waals surface area contributed by atoms with E-state index in [0.717, 1.165) is 17.1 Å². The maximum absolute atomic E-state index is 13.2. The first-order valence-corrected chi connectivity index (χ1v) is 5.80. The van der Waals surface area contributed by atoms with Crippen LogP contribution in [-0.2, 0) is 7.05 Å². The predicted molar refractivity (Wildman–Crippen MR) is 70.8 cm³/mol. The second-order valence-corrected chi connectivity index (χ2v) is 4.39. The summed E-state index contributed by atoms with van der Waals surface area (Å²) in [4.78, 5) is 0. The molecule has 0 bridgehead atoms. The van der Waals surface area contributed by atoms with E-state index in [2.05, 4.69) is 10.4 Å². The fraction of sp³-hybridized carbons (Fsp3) is 0.308. The first-order chi connectivity index (χ1) is 8.49.